The number of rotatable bonds is 6. The van der Waals surface area contributed by atoms with Crippen LogP contribution in [0.15, 0.2) is 41.0 Å². The average Bonchev–Trinajstić information content (AvgIpc) is 2.90. The Hall–Kier alpha value is -2.10. The molecule has 1 heterocycles. The molecule has 2 rings (SSSR count). The third kappa shape index (κ3) is 2.97. The fourth-order valence-corrected chi connectivity index (χ4v) is 1.66. The molecule has 4 heteroatoms. The van der Waals surface area contributed by atoms with Crippen molar-refractivity contribution < 1.29 is 13.9 Å². The molecule has 2 aromatic rings. The quantitative estimate of drug-likeness (QED) is 0.850. The maximum Gasteiger partial charge on any atom is 0.163 e. The highest BCUT2D eigenvalue weighted by atomic mass is 16.5. The topological polar surface area (TPSA) is 43.6 Å². The number of hydrogen-bond donors (Lipinski definition) is 1. The van der Waals surface area contributed by atoms with E-state index in [0.29, 0.717) is 13.2 Å². The number of nitrogens with one attached hydrogen (secondary N) is 1. The normalized spacial score (nSPS) is 10.1. The van der Waals surface area contributed by atoms with Crippen molar-refractivity contribution in [3.8, 4) is 11.5 Å². The van der Waals surface area contributed by atoms with Crippen LogP contribution in [0.2, 0.25) is 0 Å². The summed E-state index contributed by atoms with van der Waals surface area (Å²) in [6, 6.07) is 9.56. The van der Waals surface area contributed by atoms with Crippen molar-refractivity contribution in [2.45, 2.75) is 13.5 Å². The van der Waals surface area contributed by atoms with Gasteiger partial charge in [0, 0.05) is 11.8 Å². The zero-order valence-electron chi connectivity index (χ0n) is 10.6. The van der Waals surface area contributed by atoms with Gasteiger partial charge in [-0.3, -0.25) is 0 Å². The minimum atomic E-state index is 0.609. The maximum atomic E-state index is 5.52. The third-order valence-electron chi connectivity index (χ3n) is 2.51. The molecule has 0 saturated heterocycles. The predicted octanol–water partition coefficient (Wildman–Crippen LogP) is 3.30. The van der Waals surface area contributed by atoms with Crippen LogP contribution in [0.1, 0.15) is 12.7 Å². The number of methoxy groups -OCH3 is 1. The molecule has 0 radical (unpaired) electrons. The van der Waals surface area contributed by atoms with Crippen LogP contribution in [0.25, 0.3) is 0 Å². The summed E-state index contributed by atoms with van der Waals surface area (Å²) in [5.41, 5.74) is 0.968. The first-order chi connectivity index (χ1) is 8.83. The van der Waals surface area contributed by atoms with E-state index in [-0.39, 0.29) is 0 Å². The summed E-state index contributed by atoms with van der Waals surface area (Å²) < 4.78 is 16.0. The smallest absolute Gasteiger partial charge is 0.163 e. The van der Waals surface area contributed by atoms with Gasteiger partial charge in [0.15, 0.2) is 11.5 Å². The number of benzene rings is 1. The molecule has 0 aliphatic rings. The van der Waals surface area contributed by atoms with E-state index in [1.54, 1.807) is 13.4 Å². The Kier molecular flexibility index (Phi) is 4.12. The Morgan fingerprint density at radius 3 is 2.78 bits per heavy atom. The number of hydrogen-bond acceptors (Lipinski definition) is 4. The van der Waals surface area contributed by atoms with Crippen molar-refractivity contribution in [3.63, 3.8) is 0 Å². The Morgan fingerprint density at radius 2 is 2.11 bits per heavy atom. The van der Waals surface area contributed by atoms with Gasteiger partial charge in [0.25, 0.3) is 0 Å². The second kappa shape index (κ2) is 6.00. The fraction of sp³-hybridized carbons (Fsp3) is 0.286. The van der Waals surface area contributed by atoms with Crippen molar-refractivity contribution in [2.24, 2.45) is 0 Å². The third-order valence-corrected chi connectivity index (χ3v) is 2.51. The van der Waals surface area contributed by atoms with Gasteiger partial charge in [0.1, 0.15) is 5.76 Å². The molecule has 0 saturated carbocycles. The first-order valence-corrected chi connectivity index (χ1v) is 5.90. The zero-order chi connectivity index (χ0) is 12.8. The van der Waals surface area contributed by atoms with Crippen LogP contribution in [0.5, 0.6) is 11.5 Å². The molecule has 0 atom stereocenters. The summed E-state index contributed by atoms with van der Waals surface area (Å²) >= 11 is 0. The second-order valence-electron chi connectivity index (χ2n) is 3.73. The monoisotopic (exact) mass is 247 g/mol. The molecular formula is C14H17NO3. The molecule has 1 aromatic carbocycles. The summed E-state index contributed by atoms with van der Waals surface area (Å²) in [6.45, 7) is 3.20. The lowest BCUT2D eigenvalue weighted by Gasteiger charge is -2.11. The van der Waals surface area contributed by atoms with Gasteiger partial charge in [-0.2, -0.15) is 0 Å². The van der Waals surface area contributed by atoms with E-state index in [1.165, 1.54) is 0 Å². The van der Waals surface area contributed by atoms with Crippen LogP contribution < -0.4 is 14.8 Å². The highest BCUT2D eigenvalue weighted by Gasteiger charge is 2.05. The standard InChI is InChI=1S/C14H17NO3/c1-3-17-14-9-11(6-7-13(14)16-2)15-10-12-5-4-8-18-12/h4-9,15H,3,10H2,1-2H3. The number of furan rings is 1. The van der Waals surface area contributed by atoms with Crippen LogP contribution in [-0.2, 0) is 6.54 Å². The van der Waals surface area contributed by atoms with Crippen molar-refractivity contribution in [3.05, 3.63) is 42.4 Å². The second-order valence-corrected chi connectivity index (χ2v) is 3.73. The first-order valence-electron chi connectivity index (χ1n) is 5.90. The lowest BCUT2D eigenvalue weighted by atomic mass is 10.2. The molecule has 0 aliphatic carbocycles. The van der Waals surface area contributed by atoms with Crippen molar-refractivity contribution >= 4 is 5.69 Å². The van der Waals surface area contributed by atoms with Crippen molar-refractivity contribution in [1.29, 1.82) is 0 Å². The predicted molar refractivity (Wildman–Crippen MR) is 70.2 cm³/mol. The first kappa shape index (κ1) is 12.4. The van der Waals surface area contributed by atoms with Crippen LogP contribution in [0.3, 0.4) is 0 Å². The molecule has 0 unspecified atom stereocenters. The molecule has 0 amide bonds. The molecular weight excluding hydrogens is 230 g/mol. The van der Waals surface area contributed by atoms with Crippen molar-refractivity contribution in [1.82, 2.24) is 0 Å². The molecule has 0 aliphatic heterocycles. The van der Waals surface area contributed by atoms with E-state index in [1.807, 2.05) is 37.3 Å². The lowest BCUT2D eigenvalue weighted by Crippen LogP contribution is -2.00. The molecule has 0 bridgehead atoms. The van der Waals surface area contributed by atoms with Gasteiger partial charge in [-0.05, 0) is 31.2 Å². The van der Waals surface area contributed by atoms with E-state index in [4.69, 9.17) is 13.9 Å². The largest absolute Gasteiger partial charge is 0.493 e. The number of ether oxygens (including phenoxy) is 2. The number of anilines is 1. The van der Waals surface area contributed by atoms with Crippen LogP contribution in [0, 0.1) is 0 Å². The van der Waals surface area contributed by atoms with Crippen LogP contribution in [-0.4, -0.2) is 13.7 Å². The van der Waals surface area contributed by atoms with Gasteiger partial charge in [-0.15, -0.1) is 0 Å². The molecule has 1 aromatic heterocycles. The molecule has 0 spiro atoms. The van der Waals surface area contributed by atoms with Gasteiger partial charge in [-0.1, -0.05) is 0 Å². The van der Waals surface area contributed by atoms with Gasteiger partial charge in [0.2, 0.25) is 0 Å². The van der Waals surface area contributed by atoms with Gasteiger partial charge in [-0.25, -0.2) is 0 Å². The molecule has 4 nitrogen and oxygen atoms in total. The highest BCUT2D eigenvalue weighted by molar-refractivity contribution is 5.54. The van der Waals surface area contributed by atoms with E-state index >= 15 is 0 Å². The van der Waals surface area contributed by atoms with Gasteiger partial charge in [0.05, 0.1) is 26.5 Å². The SMILES string of the molecule is CCOc1cc(NCc2ccco2)ccc1OC. The van der Waals surface area contributed by atoms with E-state index in [2.05, 4.69) is 5.32 Å². The summed E-state index contributed by atoms with van der Waals surface area (Å²) in [5.74, 6) is 2.37. The molecule has 96 valence electrons. The summed E-state index contributed by atoms with van der Waals surface area (Å²) in [7, 11) is 1.63. The fourth-order valence-electron chi connectivity index (χ4n) is 1.66. The summed E-state index contributed by atoms with van der Waals surface area (Å²) in [4.78, 5) is 0. The summed E-state index contributed by atoms with van der Waals surface area (Å²) in [6.07, 6.45) is 1.66. The van der Waals surface area contributed by atoms with Crippen LogP contribution in [0.4, 0.5) is 5.69 Å². The molecule has 0 fully saturated rings. The Bertz CT molecular complexity index is 480. The maximum absolute atomic E-state index is 5.52. The van der Waals surface area contributed by atoms with E-state index in [0.717, 1.165) is 22.9 Å². The van der Waals surface area contributed by atoms with Crippen LogP contribution >= 0.6 is 0 Å². The highest BCUT2D eigenvalue weighted by Crippen LogP contribution is 2.30. The lowest BCUT2D eigenvalue weighted by molar-refractivity contribution is 0.311. The minimum Gasteiger partial charge on any atom is -0.493 e. The Balaban J connectivity index is 2.06. The Morgan fingerprint density at radius 1 is 1.22 bits per heavy atom. The van der Waals surface area contributed by atoms with Crippen molar-refractivity contribution in [2.75, 3.05) is 19.0 Å². The molecule has 1 N–H and O–H groups in total. The zero-order valence-corrected chi connectivity index (χ0v) is 10.6. The summed E-state index contributed by atoms with van der Waals surface area (Å²) in [5, 5.41) is 3.27. The van der Waals surface area contributed by atoms with Gasteiger partial charge >= 0.3 is 0 Å². The van der Waals surface area contributed by atoms with E-state index < -0.39 is 0 Å². The minimum absolute atomic E-state index is 0.609. The average molecular weight is 247 g/mol. The molecule has 18 heavy (non-hydrogen) atoms. The van der Waals surface area contributed by atoms with E-state index in [9.17, 15) is 0 Å². The van der Waals surface area contributed by atoms with Gasteiger partial charge < -0.3 is 19.2 Å². The Labute approximate surface area is 107 Å².